The number of hydrogen-bond donors (Lipinski definition) is 2. The summed E-state index contributed by atoms with van der Waals surface area (Å²) in [5.41, 5.74) is 7.58. The van der Waals surface area contributed by atoms with Crippen LogP contribution >= 0.6 is 15.9 Å². The number of esters is 1. The van der Waals surface area contributed by atoms with Gasteiger partial charge in [0.1, 0.15) is 18.8 Å². The van der Waals surface area contributed by atoms with Gasteiger partial charge in [-0.1, -0.05) is 46.3 Å². The number of carbonyl (C=O) groups is 2. The number of allylic oxidation sites excluding steroid dienone is 1. The molecule has 0 fully saturated rings. The van der Waals surface area contributed by atoms with Crippen LogP contribution < -0.4 is 10.5 Å². The Morgan fingerprint density at radius 2 is 1.87 bits per heavy atom. The Kier molecular flexibility index (Phi) is 9.12. The van der Waals surface area contributed by atoms with Crippen LogP contribution in [0.4, 0.5) is 0 Å². The lowest BCUT2D eigenvalue weighted by atomic mass is 10.00. The van der Waals surface area contributed by atoms with Crippen molar-refractivity contribution in [3.05, 3.63) is 75.8 Å². The number of nitrogens with one attached hydrogen (secondary N) is 1. The Morgan fingerprint density at radius 3 is 2.42 bits per heavy atom. The van der Waals surface area contributed by atoms with Crippen LogP contribution in [0.3, 0.4) is 0 Å². The molecule has 0 amide bonds. The Morgan fingerprint density at radius 1 is 1.19 bits per heavy atom. The first-order valence-electron chi connectivity index (χ1n) is 9.53. The molecule has 0 aliphatic carbocycles. The van der Waals surface area contributed by atoms with Gasteiger partial charge >= 0.3 is 5.97 Å². The smallest absolute Gasteiger partial charge is 0.313 e. The van der Waals surface area contributed by atoms with E-state index in [0.29, 0.717) is 17.7 Å². The monoisotopic (exact) mass is 508 g/mol. The van der Waals surface area contributed by atoms with Crippen molar-refractivity contribution in [2.45, 2.75) is 37.8 Å². The van der Waals surface area contributed by atoms with E-state index in [-0.39, 0.29) is 23.7 Å². The molecular formula is C22H25BrN2O5S. The highest BCUT2D eigenvalue weighted by Crippen LogP contribution is 2.27. The van der Waals surface area contributed by atoms with Gasteiger partial charge in [-0.3, -0.25) is 9.59 Å². The van der Waals surface area contributed by atoms with Crippen LogP contribution in [0.15, 0.2) is 69.5 Å². The second-order valence-corrected chi connectivity index (χ2v) is 9.49. The van der Waals surface area contributed by atoms with Gasteiger partial charge in [-0.15, -0.1) is 0 Å². The summed E-state index contributed by atoms with van der Waals surface area (Å²) in [5.74, 6) is -0.975. The van der Waals surface area contributed by atoms with E-state index in [1.165, 1.54) is 19.1 Å². The van der Waals surface area contributed by atoms with Crippen LogP contribution in [0.5, 0.6) is 0 Å². The third-order valence-electron chi connectivity index (χ3n) is 4.46. The number of rotatable bonds is 10. The molecular weight excluding hydrogens is 484 g/mol. The number of halogens is 1. The Balaban J connectivity index is 2.35. The fourth-order valence-electron chi connectivity index (χ4n) is 2.82. The lowest BCUT2D eigenvalue weighted by Crippen LogP contribution is -2.31. The van der Waals surface area contributed by atoms with Crippen molar-refractivity contribution in [1.29, 1.82) is 0 Å². The molecule has 2 aromatic carbocycles. The van der Waals surface area contributed by atoms with Gasteiger partial charge in [0.15, 0.2) is 0 Å². The van der Waals surface area contributed by atoms with Crippen LogP contribution in [-0.4, -0.2) is 26.8 Å². The molecule has 31 heavy (non-hydrogen) atoms. The van der Waals surface area contributed by atoms with E-state index in [2.05, 4.69) is 20.7 Å². The molecule has 0 saturated heterocycles. The zero-order chi connectivity index (χ0) is 23.0. The molecule has 3 N–H and O–H groups in total. The number of ether oxygens (including phenoxy) is 1. The van der Waals surface area contributed by atoms with E-state index in [0.717, 1.165) is 10.0 Å². The third kappa shape index (κ3) is 7.39. The van der Waals surface area contributed by atoms with Crippen molar-refractivity contribution >= 4 is 37.7 Å². The largest absolute Gasteiger partial charge is 0.461 e. The van der Waals surface area contributed by atoms with Crippen molar-refractivity contribution in [2.24, 2.45) is 5.73 Å². The number of Topliss-reactive ketones (excluding diaryl/α,β-unsaturated/α-hetero) is 1. The van der Waals surface area contributed by atoms with Crippen LogP contribution in [0.1, 0.15) is 37.4 Å². The maximum absolute atomic E-state index is 13.1. The van der Waals surface area contributed by atoms with Crippen molar-refractivity contribution in [3.8, 4) is 0 Å². The Hall–Kier alpha value is -2.33. The van der Waals surface area contributed by atoms with E-state index in [1.807, 2.05) is 6.07 Å². The normalized spacial score (nSPS) is 13.0. The summed E-state index contributed by atoms with van der Waals surface area (Å²) in [6, 6.07) is 12.7. The first kappa shape index (κ1) is 24.9. The molecule has 0 aliphatic heterocycles. The van der Waals surface area contributed by atoms with Gasteiger partial charge in [-0.05, 0) is 54.8 Å². The quantitative estimate of drug-likeness (QED) is 0.288. The summed E-state index contributed by atoms with van der Waals surface area (Å²) >= 11 is 3.40. The lowest BCUT2D eigenvalue weighted by Gasteiger charge is -2.23. The predicted molar refractivity (Wildman–Crippen MR) is 122 cm³/mol. The summed E-state index contributed by atoms with van der Waals surface area (Å²) in [6.45, 7) is 3.17. The van der Waals surface area contributed by atoms with Crippen molar-refractivity contribution in [1.82, 2.24) is 4.72 Å². The molecule has 0 heterocycles. The number of ketones is 1. The van der Waals surface area contributed by atoms with Crippen LogP contribution in [0.2, 0.25) is 0 Å². The average molecular weight is 509 g/mol. The molecule has 1 atom stereocenters. The zero-order valence-electron chi connectivity index (χ0n) is 17.3. The van der Waals surface area contributed by atoms with Gasteiger partial charge in [-0.25, -0.2) is 8.42 Å². The first-order chi connectivity index (χ1) is 14.7. The fraction of sp³-hybridized carbons (Fsp3) is 0.273. The molecule has 0 saturated carbocycles. The van der Waals surface area contributed by atoms with E-state index < -0.39 is 22.0 Å². The number of sulfonamides is 1. The molecule has 2 rings (SSSR count). The third-order valence-corrected chi connectivity index (χ3v) is 6.39. The molecule has 166 valence electrons. The summed E-state index contributed by atoms with van der Waals surface area (Å²) in [6.07, 6.45) is 1.35. The topological polar surface area (TPSA) is 116 Å². The summed E-state index contributed by atoms with van der Waals surface area (Å²) in [5, 5.41) is 0. The Bertz CT molecular complexity index is 1070. The average Bonchev–Trinajstić information content (AvgIpc) is 2.72. The second kappa shape index (κ2) is 11.3. The minimum Gasteiger partial charge on any atom is -0.461 e. The maximum atomic E-state index is 13.1. The van der Waals surface area contributed by atoms with Gasteiger partial charge in [-0.2, -0.15) is 4.72 Å². The predicted octanol–water partition coefficient (Wildman–Crippen LogP) is 3.40. The molecule has 0 radical (unpaired) electrons. The molecule has 0 aliphatic rings. The van der Waals surface area contributed by atoms with Crippen molar-refractivity contribution in [3.63, 3.8) is 0 Å². The van der Waals surface area contributed by atoms with Gasteiger partial charge < -0.3 is 10.5 Å². The van der Waals surface area contributed by atoms with Gasteiger partial charge in [0.25, 0.3) is 0 Å². The molecule has 0 bridgehead atoms. The van der Waals surface area contributed by atoms with Crippen LogP contribution in [0.25, 0.3) is 0 Å². The molecule has 1 unspecified atom stereocenters. The van der Waals surface area contributed by atoms with E-state index in [4.69, 9.17) is 10.5 Å². The highest BCUT2D eigenvalue weighted by Gasteiger charge is 2.25. The minimum atomic E-state index is -3.90. The minimum absolute atomic E-state index is 0.0914. The SMILES string of the molecule is CC=C(COC(=O)CC(C)=O)C(NS(=O)(=O)c1ccc(CN)cc1)c1cccc(Br)c1. The van der Waals surface area contributed by atoms with E-state index >= 15 is 0 Å². The molecule has 2 aromatic rings. The van der Waals surface area contributed by atoms with Crippen molar-refractivity contribution < 1.29 is 22.7 Å². The van der Waals surface area contributed by atoms with E-state index in [1.54, 1.807) is 43.3 Å². The van der Waals surface area contributed by atoms with Crippen molar-refractivity contribution in [2.75, 3.05) is 6.61 Å². The highest BCUT2D eigenvalue weighted by atomic mass is 79.9. The summed E-state index contributed by atoms with van der Waals surface area (Å²) in [7, 11) is -3.90. The van der Waals surface area contributed by atoms with Crippen LogP contribution in [-0.2, 0) is 30.9 Å². The standard InChI is InChI=1S/C22H25BrN2O5S/c1-3-17(14-30-21(27)11-15(2)26)22(18-5-4-6-19(23)12-18)25-31(28,29)20-9-7-16(13-24)8-10-20/h3-10,12,22,25H,11,13-14,24H2,1-2H3. The lowest BCUT2D eigenvalue weighted by molar-refractivity contribution is -0.144. The number of benzene rings is 2. The first-order valence-corrected chi connectivity index (χ1v) is 11.8. The van der Waals surface area contributed by atoms with Gasteiger partial charge in [0.05, 0.1) is 10.9 Å². The molecule has 7 nitrogen and oxygen atoms in total. The second-order valence-electron chi connectivity index (χ2n) is 6.86. The number of nitrogens with two attached hydrogens (primary N) is 1. The van der Waals surface area contributed by atoms with Crippen LogP contribution in [0, 0.1) is 0 Å². The highest BCUT2D eigenvalue weighted by molar-refractivity contribution is 9.10. The fourth-order valence-corrected chi connectivity index (χ4v) is 4.47. The van der Waals surface area contributed by atoms with E-state index in [9.17, 15) is 18.0 Å². The summed E-state index contributed by atoms with van der Waals surface area (Å²) < 4.78 is 34.8. The Labute approximate surface area is 190 Å². The molecule has 9 heteroatoms. The summed E-state index contributed by atoms with van der Waals surface area (Å²) in [4.78, 5) is 23.1. The number of carbonyl (C=O) groups excluding carboxylic acids is 2. The van der Waals surface area contributed by atoms with Gasteiger partial charge in [0.2, 0.25) is 10.0 Å². The van der Waals surface area contributed by atoms with Gasteiger partial charge in [0, 0.05) is 11.0 Å². The number of hydrogen-bond acceptors (Lipinski definition) is 6. The zero-order valence-corrected chi connectivity index (χ0v) is 19.7. The molecule has 0 aromatic heterocycles. The maximum Gasteiger partial charge on any atom is 0.313 e. The molecule has 0 spiro atoms.